The molecule has 40 heavy (non-hydrogen) atoms. The van der Waals surface area contributed by atoms with Crippen molar-refractivity contribution in [3.8, 4) is 0 Å². The van der Waals surface area contributed by atoms with Crippen molar-refractivity contribution in [1.82, 2.24) is 24.8 Å². The molecule has 2 bridgehead atoms. The average molecular weight is 617 g/mol. The van der Waals surface area contributed by atoms with E-state index in [1.807, 2.05) is 24.3 Å². The normalized spacial score (nSPS) is 29.4. The Kier molecular flexibility index (Phi) is 8.12. The molecule has 2 aromatic rings. The van der Waals surface area contributed by atoms with Crippen LogP contribution in [0.15, 0.2) is 49.6 Å². The van der Waals surface area contributed by atoms with Crippen molar-refractivity contribution < 1.29 is 29.0 Å². The van der Waals surface area contributed by atoms with Crippen LogP contribution in [0.4, 0.5) is 0 Å². The summed E-state index contributed by atoms with van der Waals surface area (Å²) in [6.45, 7) is 9.27. The summed E-state index contributed by atoms with van der Waals surface area (Å²) in [7, 11) is 0. The second-order valence-electron chi connectivity index (χ2n) is 10.6. The van der Waals surface area contributed by atoms with Gasteiger partial charge in [-0.2, -0.15) is 0 Å². The zero-order chi connectivity index (χ0) is 28.6. The fraction of sp³-hybridized carbons (Fsp3) is 0.536. The second kappa shape index (κ2) is 11.4. The lowest BCUT2D eigenvalue weighted by molar-refractivity contribution is -0.156. The predicted octanol–water partition coefficient (Wildman–Crippen LogP) is 2.04. The van der Waals surface area contributed by atoms with E-state index in [-0.39, 0.29) is 43.1 Å². The van der Waals surface area contributed by atoms with Crippen LogP contribution >= 0.6 is 15.9 Å². The molecule has 1 aromatic carbocycles. The van der Waals surface area contributed by atoms with Gasteiger partial charge in [0, 0.05) is 11.4 Å². The van der Waals surface area contributed by atoms with Gasteiger partial charge in [-0.1, -0.05) is 45.4 Å². The largest absolute Gasteiger partial charge is 0.465 e. The molecule has 7 atom stereocenters. The molecule has 3 unspecified atom stereocenters. The van der Waals surface area contributed by atoms with Crippen molar-refractivity contribution in [3.05, 3.63) is 49.6 Å². The van der Waals surface area contributed by atoms with E-state index in [0.717, 1.165) is 5.52 Å². The van der Waals surface area contributed by atoms with Crippen molar-refractivity contribution >= 4 is 44.7 Å². The fourth-order valence-corrected chi connectivity index (χ4v) is 7.35. The Morgan fingerprint density at radius 2 is 2.12 bits per heavy atom. The van der Waals surface area contributed by atoms with Gasteiger partial charge in [0.1, 0.15) is 23.8 Å². The Labute approximate surface area is 240 Å². The molecule has 1 spiro atoms. The summed E-state index contributed by atoms with van der Waals surface area (Å²) < 4.78 is 13.7. The molecule has 0 radical (unpaired) electrons. The molecule has 1 N–H and O–H groups in total. The van der Waals surface area contributed by atoms with E-state index in [2.05, 4.69) is 39.4 Å². The maximum Gasteiger partial charge on any atom is 0.312 e. The molecule has 5 rings (SSSR count). The molecule has 2 amide bonds. The lowest BCUT2D eigenvalue weighted by atomic mass is 9.70. The molecule has 3 saturated heterocycles. The molecule has 4 heterocycles. The number of carbonyl (C=O) groups is 3. The molecule has 0 saturated carbocycles. The van der Waals surface area contributed by atoms with Crippen molar-refractivity contribution in [2.75, 3.05) is 19.8 Å². The summed E-state index contributed by atoms with van der Waals surface area (Å²) in [6.07, 6.45) is 4.41. The smallest absolute Gasteiger partial charge is 0.312 e. The highest BCUT2D eigenvalue weighted by Crippen LogP contribution is 2.60. The number of ether oxygens (including phenoxy) is 2. The number of carbonyl (C=O) groups excluding carboxylic acids is 3. The molecule has 11 nitrogen and oxygen atoms in total. The zero-order valence-corrected chi connectivity index (χ0v) is 24.0. The monoisotopic (exact) mass is 615 g/mol. The number of aliphatic hydroxyl groups is 1. The summed E-state index contributed by atoms with van der Waals surface area (Å²) in [5.41, 5.74) is 0.180. The summed E-state index contributed by atoms with van der Waals surface area (Å²) in [4.78, 5) is 44.5. The number of esters is 1. The number of rotatable bonds is 12. The molecule has 12 heteroatoms. The number of alkyl halides is 1. The minimum Gasteiger partial charge on any atom is -0.465 e. The number of unbranched alkanes of at least 4 members (excludes halogenated alkanes) is 1. The lowest BCUT2D eigenvalue weighted by Gasteiger charge is -2.38. The molecule has 214 valence electrons. The number of para-hydroxylation sites is 1. The van der Waals surface area contributed by atoms with Gasteiger partial charge in [0.05, 0.1) is 42.7 Å². The van der Waals surface area contributed by atoms with Crippen LogP contribution in [-0.4, -0.2) is 96.1 Å². The number of benzene rings is 1. The number of nitrogens with zero attached hydrogens (tertiary/aromatic N) is 5. The highest BCUT2D eigenvalue weighted by Gasteiger charge is 2.77. The first-order valence-electron chi connectivity index (χ1n) is 13.5. The van der Waals surface area contributed by atoms with E-state index in [4.69, 9.17) is 9.47 Å². The van der Waals surface area contributed by atoms with Crippen LogP contribution in [0.5, 0.6) is 0 Å². The lowest BCUT2D eigenvalue weighted by Crippen LogP contribution is -2.58. The third kappa shape index (κ3) is 4.55. The number of likely N-dealkylation sites (tertiary alicyclic amines) is 1. The first-order valence-corrected chi connectivity index (χ1v) is 14.4. The van der Waals surface area contributed by atoms with Gasteiger partial charge >= 0.3 is 5.97 Å². The van der Waals surface area contributed by atoms with Crippen molar-refractivity contribution in [2.45, 2.75) is 61.5 Å². The SMILES string of the molecule is C=CCCCOC(=O)[C@H]1[C@H]2C(=O)N([C@H](C)CO)C(C(=O)N(CC=C)Cn3nnc4ccccc43)C23CC(Br)[C@@H]1O3. The molecule has 3 fully saturated rings. The Balaban J connectivity index is 1.50. The number of aromatic nitrogens is 3. The van der Waals surface area contributed by atoms with Gasteiger partial charge in [-0.15, -0.1) is 18.3 Å². The van der Waals surface area contributed by atoms with Crippen molar-refractivity contribution in [3.63, 3.8) is 0 Å². The van der Waals surface area contributed by atoms with E-state index in [1.54, 1.807) is 28.7 Å². The van der Waals surface area contributed by atoms with Crippen LogP contribution < -0.4 is 0 Å². The fourth-order valence-electron chi connectivity index (χ4n) is 6.40. The summed E-state index contributed by atoms with van der Waals surface area (Å²) in [5.74, 6) is -3.05. The van der Waals surface area contributed by atoms with Gasteiger partial charge in [0.25, 0.3) is 0 Å². The molecular formula is C28H34BrN5O6. The maximum atomic E-state index is 14.4. The quantitative estimate of drug-likeness (QED) is 0.166. The second-order valence-corrected chi connectivity index (χ2v) is 11.8. The number of amides is 2. The Morgan fingerprint density at radius 1 is 1.35 bits per heavy atom. The van der Waals surface area contributed by atoms with E-state index < -0.39 is 41.6 Å². The number of halogens is 1. The van der Waals surface area contributed by atoms with E-state index in [1.165, 1.54) is 4.90 Å². The third-order valence-electron chi connectivity index (χ3n) is 8.16. The van der Waals surface area contributed by atoms with Crippen LogP contribution in [0.2, 0.25) is 0 Å². The van der Waals surface area contributed by atoms with Crippen LogP contribution in [0.3, 0.4) is 0 Å². The Hall–Kier alpha value is -3.09. The zero-order valence-electron chi connectivity index (χ0n) is 22.4. The molecule has 1 aromatic heterocycles. The summed E-state index contributed by atoms with van der Waals surface area (Å²) >= 11 is 3.65. The molecular weight excluding hydrogens is 582 g/mol. The first kappa shape index (κ1) is 28.4. The number of allylic oxidation sites excluding steroid dienone is 1. The van der Waals surface area contributed by atoms with E-state index >= 15 is 0 Å². The Morgan fingerprint density at radius 3 is 2.85 bits per heavy atom. The summed E-state index contributed by atoms with van der Waals surface area (Å²) in [6, 6.07) is 5.67. The van der Waals surface area contributed by atoms with Crippen LogP contribution in [0.1, 0.15) is 26.2 Å². The highest BCUT2D eigenvalue weighted by atomic mass is 79.9. The topological polar surface area (TPSA) is 127 Å². The maximum absolute atomic E-state index is 14.4. The van der Waals surface area contributed by atoms with Gasteiger partial charge in [-0.05, 0) is 38.3 Å². The molecule has 0 aliphatic carbocycles. The molecule has 3 aliphatic heterocycles. The van der Waals surface area contributed by atoms with Crippen LogP contribution in [-0.2, 0) is 30.5 Å². The summed E-state index contributed by atoms with van der Waals surface area (Å²) in [5, 5.41) is 18.5. The Bertz CT molecular complexity index is 1320. The number of hydrogen-bond donors (Lipinski definition) is 1. The minimum absolute atomic E-state index is 0.0636. The van der Waals surface area contributed by atoms with Gasteiger partial charge in [-0.3, -0.25) is 14.4 Å². The average Bonchev–Trinajstić information content (AvgIpc) is 3.67. The number of fused-ring (bicyclic) bond motifs is 2. The van der Waals surface area contributed by atoms with Crippen molar-refractivity contribution in [1.29, 1.82) is 0 Å². The first-order chi connectivity index (χ1) is 19.3. The van der Waals surface area contributed by atoms with Crippen LogP contribution in [0.25, 0.3) is 11.0 Å². The number of hydrogen-bond acceptors (Lipinski definition) is 8. The van der Waals surface area contributed by atoms with Gasteiger partial charge in [0.2, 0.25) is 11.8 Å². The van der Waals surface area contributed by atoms with Gasteiger partial charge in [-0.25, -0.2) is 4.68 Å². The van der Waals surface area contributed by atoms with E-state index in [9.17, 15) is 19.5 Å². The standard InChI is InChI=1S/C28H34BrN5O6/c1-4-6-9-13-39-27(38)21-22-25(36)34(17(3)15-35)24(28(22)14-18(29)23(21)40-28)26(37)32(12-5-2)16-33-20-11-8-7-10-19(20)30-31-33/h4-5,7-8,10-11,17-18,21-24,35H,1-2,6,9,12-16H2,3H3/t17-,18?,21+,22+,23+,24?,28?/m1/s1. The molecule has 3 aliphatic rings. The highest BCUT2D eigenvalue weighted by molar-refractivity contribution is 9.09. The van der Waals surface area contributed by atoms with Crippen molar-refractivity contribution in [2.24, 2.45) is 11.8 Å². The van der Waals surface area contributed by atoms with Gasteiger partial charge < -0.3 is 24.4 Å². The number of aliphatic hydroxyl groups excluding tert-OH is 1. The minimum atomic E-state index is -1.26. The van der Waals surface area contributed by atoms with Gasteiger partial charge in [0.15, 0.2) is 0 Å². The third-order valence-corrected chi connectivity index (χ3v) is 9.00. The predicted molar refractivity (Wildman–Crippen MR) is 149 cm³/mol. The van der Waals surface area contributed by atoms with Crippen LogP contribution in [0, 0.1) is 11.8 Å². The van der Waals surface area contributed by atoms with E-state index in [0.29, 0.717) is 24.8 Å².